The molecular formula is C54H34N4O. The maximum absolute atomic E-state index is 6.49. The summed E-state index contributed by atoms with van der Waals surface area (Å²) >= 11 is 0. The molecule has 3 heterocycles. The van der Waals surface area contributed by atoms with Gasteiger partial charge < -0.3 is 8.98 Å². The van der Waals surface area contributed by atoms with Crippen LogP contribution in [0.2, 0.25) is 0 Å². The molecule has 11 aromatic rings. The molecule has 0 bridgehead atoms. The largest absolute Gasteiger partial charge is 0.453 e. The normalized spacial score (nSPS) is 12.9. The lowest BCUT2D eigenvalue weighted by Gasteiger charge is -2.33. The Kier molecular flexibility index (Phi) is 7.38. The molecule has 0 fully saturated rings. The van der Waals surface area contributed by atoms with Crippen molar-refractivity contribution >= 4 is 32.8 Å². The first-order chi connectivity index (χ1) is 29.3. The number of benzene rings is 8. The predicted molar refractivity (Wildman–Crippen MR) is 238 cm³/mol. The van der Waals surface area contributed by atoms with E-state index in [0.717, 1.165) is 49.9 Å². The van der Waals surface area contributed by atoms with Crippen molar-refractivity contribution in [1.29, 1.82) is 0 Å². The molecule has 0 unspecified atom stereocenters. The van der Waals surface area contributed by atoms with Crippen LogP contribution in [0.1, 0.15) is 22.3 Å². The van der Waals surface area contributed by atoms with Crippen LogP contribution in [0.25, 0.3) is 83.9 Å². The fraction of sp³-hybridized carbons (Fsp3) is 0.0185. The van der Waals surface area contributed by atoms with Gasteiger partial charge in [0.1, 0.15) is 5.58 Å². The number of aromatic nitrogens is 4. The van der Waals surface area contributed by atoms with E-state index in [9.17, 15) is 0 Å². The monoisotopic (exact) mass is 754 g/mol. The standard InChI is InChI=1S/C54H34N4O/c1-3-19-36(20-4-1)54(37-21-5-2-6-22-37)43-28-12-8-25-40(43)50-42(27-17-29-44(50)54)52-55-51(56-53(57-52)49-34-35-18-7-16-33-48(35)59-49)41-26-11-15-32-47(41)58-45-30-13-9-23-38(45)39-24-10-14-31-46(39)58/h1-34H. The van der Waals surface area contributed by atoms with Gasteiger partial charge in [0.15, 0.2) is 23.2 Å². The molecule has 5 heteroatoms. The third-order valence-corrected chi connectivity index (χ3v) is 12.0. The topological polar surface area (TPSA) is 56.7 Å². The van der Waals surface area contributed by atoms with Crippen molar-refractivity contribution < 1.29 is 4.42 Å². The molecule has 0 aliphatic heterocycles. The molecule has 0 spiro atoms. The molecule has 12 rings (SSSR count). The van der Waals surface area contributed by atoms with Crippen LogP contribution < -0.4 is 0 Å². The molecule has 59 heavy (non-hydrogen) atoms. The fourth-order valence-corrected chi connectivity index (χ4v) is 9.54. The minimum absolute atomic E-state index is 0.472. The molecule has 0 saturated carbocycles. The van der Waals surface area contributed by atoms with Crippen LogP contribution >= 0.6 is 0 Å². The molecular weight excluding hydrogens is 721 g/mol. The van der Waals surface area contributed by atoms with Gasteiger partial charge in [-0.1, -0.05) is 170 Å². The van der Waals surface area contributed by atoms with E-state index in [1.165, 1.54) is 33.0 Å². The van der Waals surface area contributed by atoms with Crippen LogP contribution in [0.3, 0.4) is 0 Å². The van der Waals surface area contributed by atoms with E-state index in [1.54, 1.807) is 0 Å². The van der Waals surface area contributed by atoms with Gasteiger partial charge in [0.2, 0.25) is 0 Å². The first kappa shape index (κ1) is 33.3. The van der Waals surface area contributed by atoms with Crippen LogP contribution in [0.15, 0.2) is 211 Å². The van der Waals surface area contributed by atoms with E-state index >= 15 is 0 Å². The maximum atomic E-state index is 6.49. The molecule has 0 atom stereocenters. The van der Waals surface area contributed by atoms with Crippen LogP contribution in [0, 0.1) is 0 Å². The second-order valence-electron chi connectivity index (χ2n) is 15.1. The van der Waals surface area contributed by atoms with Gasteiger partial charge in [-0.05, 0) is 69.8 Å². The van der Waals surface area contributed by atoms with E-state index < -0.39 is 5.41 Å². The highest BCUT2D eigenvalue weighted by Gasteiger charge is 2.47. The first-order valence-corrected chi connectivity index (χ1v) is 20.0. The summed E-state index contributed by atoms with van der Waals surface area (Å²) in [5.41, 5.74) is 12.3. The van der Waals surface area contributed by atoms with E-state index in [-0.39, 0.29) is 0 Å². The molecule has 1 aliphatic carbocycles. The molecule has 3 aromatic heterocycles. The molecule has 276 valence electrons. The van der Waals surface area contributed by atoms with Crippen molar-refractivity contribution in [2.24, 2.45) is 0 Å². The molecule has 0 saturated heterocycles. The van der Waals surface area contributed by atoms with Crippen molar-refractivity contribution in [3.63, 3.8) is 0 Å². The van der Waals surface area contributed by atoms with E-state index in [0.29, 0.717) is 23.2 Å². The smallest absolute Gasteiger partial charge is 0.199 e. The van der Waals surface area contributed by atoms with E-state index in [2.05, 4.69) is 187 Å². The number of hydrogen-bond donors (Lipinski definition) is 0. The van der Waals surface area contributed by atoms with E-state index in [4.69, 9.17) is 19.4 Å². The number of fused-ring (bicyclic) bond motifs is 7. The van der Waals surface area contributed by atoms with Crippen molar-refractivity contribution in [2.45, 2.75) is 5.41 Å². The molecule has 8 aromatic carbocycles. The molecule has 0 radical (unpaired) electrons. The Labute approximate surface area is 340 Å². The molecule has 0 amide bonds. The lowest BCUT2D eigenvalue weighted by Crippen LogP contribution is -2.28. The Bertz CT molecular complexity index is 3270. The Morgan fingerprint density at radius 2 is 0.932 bits per heavy atom. The highest BCUT2D eigenvalue weighted by molar-refractivity contribution is 6.09. The summed E-state index contributed by atoms with van der Waals surface area (Å²) in [7, 11) is 0. The minimum atomic E-state index is -0.564. The Hall–Kier alpha value is -7.89. The van der Waals surface area contributed by atoms with Gasteiger partial charge in [-0.3, -0.25) is 0 Å². The van der Waals surface area contributed by atoms with Gasteiger partial charge >= 0.3 is 0 Å². The van der Waals surface area contributed by atoms with Gasteiger partial charge in [-0.15, -0.1) is 0 Å². The quantitative estimate of drug-likeness (QED) is 0.170. The number of rotatable bonds is 6. The van der Waals surface area contributed by atoms with Crippen molar-refractivity contribution in [3.05, 3.63) is 229 Å². The van der Waals surface area contributed by atoms with Crippen LogP contribution in [0.5, 0.6) is 0 Å². The minimum Gasteiger partial charge on any atom is -0.453 e. The van der Waals surface area contributed by atoms with Crippen molar-refractivity contribution in [2.75, 3.05) is 0 Å². The molecule has 0 N–H and O–H groups in total. The lowest BCUT2D eigenvalue weighted by atomic mass is 9.67. The van der Waals surface area contributed by atoms with Gasteiger partial charge in [-0.25, -0.2) is 15.0 Å². The lowest BCUT2D eigenvalue weighted by molar-refractivity contribution is 0.625. The summed E-state index contributed by atoms with van der Waals surface area (Å²) in [6, 6.07) is 72.7. The highest BCUT2D eigenvalue weighted by Crippen LogP contribution is 2.58. The zero-order chi connectivity index (χ0) is 38.9. The summed E-state index contributed by atoms with van der Waals surface area (Å²) in [6.45, 7) is 0. The summed E-state index contributed by atoms with van der Waals surface area (Å²) in [6.07, 6.45) is 0. The molecule has 1 aliphatic rings. The highest BCUT2D eigenvalue weighted by atomic mass is 16.3. The van der Waals surface area contributed by atoms with Crippen molar-refractivity contribution in [3.8, 4) is 51.2 Å². The number of nitrogens with zero attached hydrogens (tertiary/aromatic N) is 4. The summed E-state index contributed by atoms with van der Waals surface area (Å²) in [5, 5.41) is 3.37. The summed E-state index contributed by atoms with van der Waals surface area (Å²) < 4.78 is 8.82. The summed E-state index contributed by atoms with van der Waals surface area (Å²) in [4.78, 5) is 16.0. The average Bonchev–Trinajstić information content (AvgIpc) is 3.99. The summed E-state index contributed by atoms with van der Waals surface area (Å²) in [5.74, 6) is 2.19. The zero-order valence-electron chi connectivity index (χ0n) is 31.8. The maximum Gasteiger partial charge on any atom is 0.199 e. The van der Waals surface area contributed by atoms with Crippen LogP contribution in [-0.2, 0) is 5.41 Å². The van der Waals surface area contributed by atoms with Gasteiger partial charge in [-0.2, -0.15) is 0 Å². The molecule has 5 nitrogen and oxygen atoms in total. The second-order valence-corrected chi connectivity index (χ2v) is 15.1. The van der Waals surface area contributed by atoms with Gasteiger partial charge in [0.05, 0.1) is 22.1 Å². The zero-order valence-corrected chi connectivity index (χ0v) is 31.8. The third kappa shape index (κ3) is 4.95. The third-order valence-electron chi connectivity index (χ3n) is 12.0. The Morgan fingerprint density at radius 1 is 0.407 bits per heavy atom. The SMILES string of the molecule is c1ccc(C2(c3ccccc3)c3ccccc3-c3c(-c4nc(-c5cc6ccccc6o5)nc(-c5ccccc5-n5c6ccccc6c6ccccc65)n4)cccc32)cc1. The Balaban J connectivity index is 1.15. The average molecular weight is 755 g/mol. The van der Waals surface area contributed by atoms with Crippen LogP contribution in [-0.4, -0.2) is 19.5 Å². The number of furan rings is 1. The van der Waals surface area contributed by atoms with Gasteiger partial charge in [0, 0.05) is 27.3 Å². The first-order valence-electron chi connectivity index (χ1n) is 20.0. The fourth-order valence-electron chi connectivity index (χ4n) is 9.54. The van der Waals surface area contributed by atoms with E-state index in [1.807, 2.05) is 24.3 Å². The van der Waals surface area contributed by atoms with Crippen LogP contribution in [0.4, 0.5) is 0 Å². The predicted octanol–water partition coefficient (Wildman–Crippen LogP) is 13.1. The number of hydrogen-bond acceptors (Lipinski definition) is 4. The Morgan fingerprint density at radius 3 is 1.64 bits per heavy atom. The van der Waals surface area contributed by atoms with Gasteiger partial charge in [0.25, 0.3) is 0 Å². The number of para-hydroxylation sites is 4. The van der Waals surface area contributed by atoms with Crippen molar-refractivity contribution in [1.82, 2.24) is 19.5 Å². The second kappa shape index (κ2) is 13.1.